The summed E-state index contributed by atoms with van der Waals surface area (Å²) in [4.78, 5) is 12.5. The molecule has 0 atom stereocenters. The first-order valence-electron chi connectivity index (χ1n) is 8.34. The summed E-state index contributed by atoms with van der Waals surface area (Å²) in [6.45, 7) is 13.3. The van der Waals surface area contributed by atoms with E-state index in [0.29, 0.717) is 16.9 Å². The van der Waals surface area contributed by atoms with Crippen molar-refractivity contribution in [3.63, 3.8) is 0 Å². The molecule has 0 aromatic heterocycles. The molecule has 1 heterocycles. The third-order valence-electron chi connectivity index (χ3n) is 4.53. The molecule has 0 radical (unpaired) electrons. The smallest absolute Gasteiger partial charge is 0.496 e. The van der Waals surface area contributed by atoms with Crippen molar-refractivity contribution in [1.29, 1.82) is 0 Å². The van der Waals surface area contributed by atoms with E-state index >= 15 is 0 Å². The van der Waals surface area contributed by atoms with E-state index in [-0.39, 0.29) is 5.56 Å². The van der Waals surface area contributed by atoms with Crippen LogP contribution in [0.2, 0.25) is 0 Å². The quantitative estimate of drug-likeness (QED) is 0.513. The number of methoxy groups -OCH3 is 1. The summed E-state index contributed by atoms with van der Waals surface area (Å²) < 4.78 is 22.9. The van der Waals surface area contributed by atoms with Crippen LogP contribution in [0.15, 0.2) is 12.1 Å². The van der Waals surface area contributed by atoms with E-state index in [1.165, 1.54) is 7.11 Å². The molecular weight excluding hydrogens is 321 g/mol. The first-order chi connectivity index (χ1) is 11.3. The number of anilines is 1. The molecule has 1 aliphatic rings. The van der Waals surface area contributed by atoms with Crippen LogP contribution < -0.4 is 15.9 Å². The number of benzene rings is 1. The van der Waals surface area contributed by atoms with Crippen molar-refractivity contribution in [2.75, 3.05) is 12.8 Å². The molecule has 0 bridgehead atoms. The zero-order valence-electron chi connectivity index (χ0n) is 16.4. The molecule has 0 spiro atoms. The maximum atomic E-state index is 12.5. The van der Waals surface area contributed by atoms with E-state index in [2.05, 4.69) is 0 Å². The van der Waals surface area contributed by atoms with Crippen molar-refractivity contribution >= 4 is 24.2 Å². The molecule has 138 valence electrons. The van der Waals surface area contributed by atoms with Gasteiger partial charge in [-0.2, -0.15) is 0 Å². The number of nitrogen functional groups attached to an aromatic ring is 1. The van der Waals surface area contributed by atoms with Crippen LogP contribution >= 0.6 is 0 Å². The zero-order valence-corrected chi connectivity index (χ0v) is 16.4. The van der Waals surface area contributed by atoms with Crippen molar-refractivity contribution < 1.29 is 23.6 Å². The average molecular weight is 349 g/mol. The van der Waals surface area contributed by atoms with Gasteiger partial charge >= 0.3 is 13.1 Å². The number of carbonyl (C=O) groups excluding carboxylic acids is 1. The summed E-state index contributed by atoms with van der Waals surface area (Å²) >= 11 is 0. The van der Waals surface area contributed by atoms with Crippen molar-refractivity contribution in [2.45, 2.75) is 65.3 Å². The topological polar surface area (TPSA) is 80.0 Å². The SMILES string of the molecule is COc1cc(N)c(B2OC(C)(C)C(C)(C)O2)cc1C(=O)OC(C)(C)C. The van der Waals surface area contributed by atoms with Crippen molar-refractivity contribution in [3.8, 4) is 5.75 Å². The monoisotopic (exact) mass is 349 g/mol. The highest BCUT2D eigenvalue weighted by Gasteiger charge is 2.52. The number of hydrogen-bond donors (Lipinski definition) is 1. The van der Waals surface area contributed by atoms with E-state index in [0.717, 1.165) is 0 Å². The van der Waals surface area contributed by atoms with Gasteiger partial charge in [-0.15, -0.1) is 0 Å². The van der Waals surface area contributed by atoms with E-state index in [9.17, 15) is 4.79 Å². The molecule has 0 amide bonds. The van der Waals surface area contributed by atoms with Gasteiger partial charge in [0, 0.05) is 17.2 Å². The lowest BCUT2D eigenvalue weighted by Crippen LogP contribution is -2.41. The Labute approximate surface area is 150 Å². The Morgan fingerprint density at radius 3 is 2.08 bits per heavy atom. The predicted octanol–water partition coefficient (Wildman–Crippen LogP) is 2.53. The van der Waals surface area contributed by atoms with Gasteiger partial charge in [-0.25, -0.2) is 4.79 Å². The molecule has 1 fully saturated rings. The lowest BCUT2D eigenvalue weighted by molar-refractivity contribution is 0.00578. The number of ether oxygens (including phenoxy) is 2. The van der Waals surface area contributed by atoms with Crippen LogP contribution in [0.1, 0.15) is 58.8 Å². The lowest BCUT2D eigenvalue weighted by atomic mass is 9.77. The number of esters is 1. The van der Waals surface area contributed by atoms with Gasteiger partial charge in [0.1, 0.15) is 16.9 Å². The number of rotatable bonds is 3. The number of carbonyl (C=O) groups is 1. The first-order valence-corrected chi connectivity index (χ1v) is 8.34. The fraction of sp³-hybridized carbons (Fsp3) is 0.611. The van der Waals surface area contributed by atoms with Crippen LogP contribution in [0.5, 0.6) is 5.75 Å². The van der Waals surface area contributed by atoms with Gasteiger partial charge in [0.15, 0.2) is 0 Å². The summed E-state index contributed by atoms with van der Waals surface area (Å²) in [5.74, 6) is -0.130. The highest BCUT2D eigenvalue weighted by atomic mass is 16.7. The zero-order chi connectivity index (χ0) is 19.2. The Morgan fingerprint density at radius 1 is 1.12 bits per heavy atom. The van der Waals surface area contributed by atoms with Crippen molar-refractivity contribution in [3.05, 3.63) is 17.7 Å². The van der Waals surface area contributed by atoms with Crippen LogP contribution in [0.25, 0.3) is 0 Å². The molecule has 0 aliphatic carbocycles. The van der Waals surface area contributed by atoms with Crippen LogP contribution in [0, 0.1) is 0 Å². The van der Waals surface area contributed by atoms with Crippen molar-refractivity contribution in [2.24, 2.45) is 0 Å². The second-order valence-corrected chi connectivity index (χ2v) is 8.27. The minimum absolute atomic E-state index is 0.288. The Hall–Kier alpha value is -1.73. The van der Waals surface area contributed by atoms with E-state index in [4.69, 9.17) is 24.5 Å². The maximum Gasteiger partial charge on any atom is 0.496 e. The molecule has 2 rings (SSSR count). The third kappa shape index (κ3) is 3.93. The molecule has 1 saturated heterocycles. The summed E-state index contributed by atoms with van der Waals surface area (Å²) in [5.41, 5.74) is 5.84. The van der Waals surface area contributed by atoms with E-state index in [1.54, 1.807) is 12.1 Å². The van der Waals surface area contributed by atoms with Crippen LogP contribution in [0.4, 0.5) is 5.69 Å². The van der Waals surface area contributed by atoms with Crippen LogP contribution in [-0.2, 0) is 14.0 Å². The Kier molecular flexibility index (Phi) is 4.87. The van der Waals surface area contributed by atoms with Gasteiger partial charge in [0.2, 0.25) is 0 Å². The molecule has 25 heavy (non-hydrogen) atoms. The maximum absolute atomic E-state index is 12.5. The second-order valence-electron chi connectivity index (χ2n) is 8.27. The Bertz CT molecular complexity index is 663. The average Bonchev–Trinajstić information content (AvgIpc) is 2.64. The van der Waals surface area contributed by atoms with E-state index in [1.807, 2.05) is 48.5 Å². The minimum Gasteiger partial charge on any atom is -0.496 e. The lowest BCUT2D eigenvalue weighted by Gasteiger charge is -2.32. The standard InChI is InChI=1S/C18H28BNO5/c1-16(2,3)23-15(21)11-9-12(13(20)10-14(11)22-8)19-24-17(4,5)18(6,7)25-19/h9-10H,20H2,1-8H3. The summed E-state index contributed by atoms with van der Waals surface area (Å²) in [5, 5.41) is 0. The number of hydrogen-bond acceptors (Lipinski definition) is 6. The highest BCUT2D eigenvalue weighted by molar-refractivity contribution is 6.64. The molecule has 1 aromatic carbocycles. The van der Waals surface area contributed by atoms with Crippen LogP contribution in [-0.4, -0.2) is 37.0 Å². The second kappa shape index (κ2) is 6.22. The Morgan fingerprint density at radius 2 is 1.64 bits per heavy atom. The van der Waals surface area contributed by atoms with Gasteiger partial charge < -0.3 is 24.5 Å². The summed E-state index contributed by atoms with van der Waals surface area (Å²) in [6.07, 6.45) is 0. The highest BCUT2D eigenvalue weighted by Crippen LogP contribution is 2.37. The molecule has 7 heteroatoms. The van der Waals surface area contributed by atoms with Gasteiger partial charge in [0.25, 0.3) is 0 Å². The van der Waals surface area contributed by atoms with Gasteiger partial charge in [0.05, 0.1) is 18.3 Å². The van der Waals surface area contributed by atoms with E-state index < -0.39 is 29.9 Å². The molecule has 2 N–H and O–H groups in total. The Balaban J connectivity index is 2.44. The predicted molar refractivity (Wildman–Crippen MR) is 98.3 cm³/mol. The van der Waals surface area contributed by atoms with Crippen molar-refractivity contribution in [1.82, 2.24) is 0 Å². The largest absolute Gasteiger partial charge is 0.496 e. The normalized spacial score (nSPS) is 19.0. The molecular formula is C18H28BNO5. The first kappa shape index (κ1) is 19.6. The minimum atomic E-state index is -0.669. The molecule has 0 unspecified atom stereocenters. The fourth-order valence-electron chi connectivity index (χ4n) is 2.45. The van der Waals surface area contributed by atoms with Gasteiger partial charge in [-0.3, -0.25) is 0 Å². The molecule has 0 saturated carbocycles. The van der Waals surface area contributed by atoms with Gasteiger partial charge in [-0.05, 0) is 54.5 Å². The molecule has 1 aliphatic heterocycles. The number of nitrogens with two attached hydrogens (primary N) is 1. The fourth-order valence-corrected chi connectivity index (χ4v) is 2.45. The summed E-state index contributed by atoms with van der Waals surface area (Å²) in [6, 6.07) is 3.23. The molecule has 6 nitrogen and oxygen atoms in total. The summed E-state index contributed by atoms with van der Waals surface area (Å²) in [7, 11) is 0.814. The van der Waals surface area contributed by atoms with Gasteiger partial charge in [-0.1, -0.05) is 0 Å². The van der Waals surface area contributed by atoms with Crippen LogP contribution in [0.3, 0.4) is 0 Å². The molecule has 1 aromatic rings. The third-order valence-corrected chi connectivity index (χ3v) is 4.53.